The van der Waals surface area contributed by atoms with E-state index in [1.807, 2.05) is 24.3 Å². The van der Waals surface area contributed by atoms with Gasteiger partial charge >= 0.3 is 5.97 Å². The first kappa shape index (κ1) is 14.7. The van der Waals surface area contributed by atoms with Crippen molar-refractivity contribution < 1.29 is 14.3 Å². The molecule has 0 saturated heterocycles. The van der Waals surface area contributed by atoms with Crippen molar-refractivity contribution in [3.63, 3.8) is 0 Å². The van der Waals surface area contributed by atoms with E-state index in [-0.39, 0.29) is 5.91 Å². The van der Waals surface area contributed by atoms with E-state index in [1.54, 1.807) is 19.3 Å². The molecule has 0 atom stereocenters. The van der Waals surface area contributed by atoms with E-state index in [0.29, 0.717) is 12.0 Å². The van der Waals surface area contributed by atoms with Crippen LogP contribution in [0.5, 0.6) is 0 Å². The molecule has 1 aromatic heterocycles. The molecule has 5 heteroatoms. The Kier molecular flexibility index (Phi) is 4.66. The van der Waals surface area contributed by atoms with Crippen molar-refractivity contribution >= 4 is 11.9 Å². The Morgan fingerprint density at radius 1 is 1.14 bits per heavy atom. The summed E-state index contributed by atoms with van der Waals surface area (Å²) < 4.78 is 4.68. The number of esters is 1. The summed E-state index contributed by atoms with van der Waals surface area (Å²) in [6.07, 6.45) is 3.49. The summed E-state index contributed by atoms with van der Waals surface area (Å²) in [4.78, 5) is 26.9. The Balaban J connectivity index is 2.22. The quantitative estimate of drug-likeness (QED) is 0.870. The van der Waals surface area contributed by atoms with Crippen LogP contribution in [-0.2, 0) is 16.0 Å². The maximum atomic E-state index is 11.5. The van der Waals surface area contributed by atoms with Gasteiger partial charge in [-0.2, -0.15) is 0 Å². The molecule has 1 amide bonds. The molecule has 0 aliphatic carbocycles. The van der Waals surface area contributed by atoms with Crippen LogP contribution in [0.15, 0.2) is 42.7 Å². The van der Waals surface area contributed by atoms with Gasteiger partial charge in [0.1, 0.15) is 0 Å². The first-order chi connectivity index (χ1) is 10.1. The molecular weight excluding hydrogens is 268 g/mol. The molecule has 0 fully saturated rings. The van der Waals surface area contributed by atoms with Crippen LogP contribution in [0.2, 0.25) is 0 Å². The minimum atomic E-state index is -0.416. The third-order valence-corrected chi connectivity index (χ3v) is 3.09. The second-order valence-electron chi connectivity index (χ2n) is 4.50. The van der Waals surface area contributed by atoms with Crippen molar-refractivity contribution in [3.05, 3.63) is 53.9 Å². The van der Waals surface area contributed by atoms with E-state index in [0.717, 1.165) is 16.7 Å². The maximum Gasteiger partial charge on any atom is 0.339 e. The highest BCUT2D eigenvalue weighted by atomic mass is 16.5. The Morgan fingerprint density at radius 2 is 1.86 bits per heavy atom. The summed E-state index contributed by atoms with van der Waals surface area (Å²) in [5, 5.41) is 2.59. The van der Waals surface area contributed by atoms with Crippen molar-refractivity contribution in [2.75, 3.05) is 14.2 Å². The van der Waals surface area contributed by atoms with Crippen LogP contribution >= 0.6 is 0 Å². The van der Waals surface area contributed by atoms with Crippen molar-refractivity contribution in [1.29, 1.82) is 0 Å². The van der Waals surface area contributed by atoms with Crippen LogP contribution in [0.25, 0.3) is 11.1 Å². The standard InChI is InChI=1S/C16H16N2O3/c1-17-15(19)7-11-3-5-12(6-4-11)13-8-14(10-18-9-13)16(20)21-2/h3-6,8-10H,7H2,1-2H3,(H,17,19). The zero-order chi connectivity index (χ0) is 15.2. The second kappa shape index (κ2) is 6.65. The topological polar surface area (TPSA) is 68.3 Å². The fourth-order valence-electron chi connectivity index (χ4n) is 1.92. The largest absolute Gasteiger partial charge is 0.465 e. The van der Waals surface area contributed by atoms with Crippen LogP contribution in [-0.4, -0.2) is 31.0 Å². The molecule has 0 unspecified atom stereocenters. The van der Waals surface area contributed by atoms with Gasteiger partial charge in [-0.15, -0.1) is 0 Å². The van der Waals surface area contributed by atoms with E-state index in [2.05, 4.69) is 15.0 Å². The van der Waals surface area contributed by atoms with Crippen molar-refractivity contribution in [3.8, 4) is 11.1 Å². The van der Waals surface area contributed by atoms with Crippen molar-refractivity contribution in [2.24, 2.45) is 0 Å². The number of carbonyl (C=O) groups excluding carboxylic acids is 2. The molecule has 1 aromatic carbocycles. The first-order valence-corrected chi connectivity index (χ1v) is 6.47. The molecule has 1 heterocycles. The van der Waals surface area contributed by atoms with Gasteiger partial charge in [-0.3, -0.25) is 9.78 Å². The van der Waals surface area contributed by atoms with Crippen LogP contribution < -0.4 is 5.32 Å². The number of aromatic nitrogens is 1. The number of pyridine rings is 1. The average Bonchev–Trinajstić information content (AvgIpc) is 2.54. The van der Waals surface area contributed by atoms with Gasteiger partial charge in [-0.05, 0) is 17.2 Å². The van der Waals surface area contributed by atoms with Crippen molar-refractivity contribution in [1.82, 2.24) is 10.3 Å². The van der Waals surface area contributed by atoms with E-state index < -0.39 is 5.97 Å². The summed E-state index contributed by atoms with van der Waals surface area (Å²) in [5.41, 5.74) is 3.08. The average molecular weight is 284 g/mol. The van der Waals surface area contributed by atoms with Gasteiger partial charge in [-0.1, -0.05) is 24.3 Å². The van der Waals surface area contributed by atoms with E-state index in [4.69, 9.17) is 0 Å². The number of methoxy groups -OCH3 is 1. The van der Waals surface area contributed by atoms with E-state index >= 15 is 0 Å². The zero-order valence-electron chi connectivity index (χ0n) is 11.9. The molecule has 2 aromatic rings. The number of carbonyl (C=O) groups is 2. The van der Waals surface area contributed by atoms with E-state index in [1.165, 1.54) is 13.3 Å². The number of hydrogen-bond acceptors (Lipinski definition) is 4. The number of rotatable bonds is 4. The van der Waals surface area contributed by atoms with Gasteiger partial charge in [0, 0.05) is 25.0 Å². The van der Waals surface area contributed by atoms with Gasteiger partial charge in [0.25, 0.3) is 0 Å². The first-order valence-electron chi connectivity index (χ1n) is 6.47. The van der Waals surface area contributed by atoms with Crippen LogP contribution in [0.1, 0.15) is 15.9 Å². The predicted octanol–water partition coefficient (Wildman–Crippen LogP) is 1.82. The normalized spacial score (nSPS) is 10.0. The number of ether oxygens (including phenoxy) is 1. The third-order valence-electron chi connectivity index (χ3n) is 3.09. The number of hydrogen-bond donors (Lipinski definition) is 1. The Bertz CT molecular complexity index is 651. The lowest BCUT2D eigenvalue weighted by molar-refractivity contribution is -0.119. The van der Waals surface area contributed by atoms with Gasteiger partial charge in [0.05, 0.1) is 19.1 Å². The number of benzene rings is 1. The Morgan fingerprint density at radius 3 is 2.48 bits per heavy atom. The lowest BCUT2D eigenvalue weighted by atomic mass is 10.0. The monoisotopic (exact) mass is 284 g/mol. The summed E-state index contributed by atoms with van der Waals surface area (Å²) in [6.45, 7) is 0. The molecule has 1 N–H and O–H groups in total. The van der Waals surface area contributed by atoms with Gasteiger partial charge < -0.3 is 10.1 Å². The Hall–Kier alpha value is -2.69. The molecule has 0 spiro atoms. The number of amides is 1. The molecular formula is C16H16N2O3. The summed E-state index contributed by atoms with van der Waals surface area (Å²) in [5.74, 6) is -0.447. The zero-order valence-corrected chi connectivity index (χ0v) is 11.9. The molecule has 0 aliphatic heterocycles. The Labute approximate surface area is 123 Å². The number of nitrogens with one attached hydrogen (secondary N) is 1. The van der Waals surface area contributed by atoms with Gasteiger partial charge in [-0.25, -0.2) is 4.79 Å². The van der Waals surface area contributed by atoms with Gasteiger partial charge in [0.2, 0.25) is 5.91 Å². The highest BCUT2D eigenvalue weighted by Gasteiger charge is 2.08. The van der Waals surface area contributed by atoms with Crippen molar-refractivity contribution in [2.45, 2.75) is 6.42 Å². The predicted molar refractivity (Wildman–Crippen MR) is 78.8 cm³/mol. The minimum absolute atomic E-state index is 0.0305. The highest BCUT2D eigenvalue weighted by Crippen LogP contribution is 2.20. The summed E-state index contributed by atoms with van der Waals surface area (Å²) in [6, 6.07) is 9.30. The molecule has 0 bridgehead atoms. The SMILES string of the molecule is CNC(=O)Cc1ccc(-c2cncc(C(=O)OC)c2)cc1. The molecule has 21 heavy (non-hydrogen) atoms. The molecule has 5 nitrogen and oxygen atoms in total. The highest BCUT2D eigenvalue weighted by molar-refractivity contribution is 5.90. The molecule has 2 rings (SSSR count). The summed E-state index contributed by atoms with van der Waals surface area (Å²) in [7, 11) is 2.95. The van der Waals surface area contributed by atoms with Gasteiger partial charge in [0.15, 0.2) is 0 Å². The minimum Gasteiger partial charge on any atom is -0.465 e. The van der Waals surface area contributed by atoms with Crippen LogP contribution in [0.4, 0.5) is 0 Å². The number of nitrogens with zero attached hydrogens (tertiary/aromatic N) is 1. The lowest BCUT2D eigenvalue weighted by Crippen LogP contribution is -2.19. The van der Waals surface area contributed by atoms with Crippen LogP contribution in [0.3, 0.4) is 0 Å². The third kappa shape index (κ3) is 3.66. The summed E-state index contributed by atoms with van der Waals surface area (Å²) >= 11 is 0. The molecule has 0 aliphatic rings. The second-order valence-corrected chi connectivity index (χ2v) is 4.50. The number of likely N-dealkylation sites (N-methyl/N-ethyl adjacent to an activating group) is 1. The maximum absolute atomic E-state index is 11.5. The molecule has 0 saturated carbocycles. The van der Waals surface area contributed by atoms with Crippen LogP contribution in [0, 0.1) is 0 Å². The smallest absolute Gasteiger partial charge is 0.339 e. The fraction of sp³-hybridized carbons (Fsp3) is 0.188. The van der Waals surface area contributed by atoms with E-state index in [9.17, 15) is 9.59 Å². The molecule has 108 valence electrons. The fourth-order valence-corrected chi connectivity index (χ4v) is 1.92. The molecule has 0 radical (unpaired) electrons. The lowest BCUT2D eigenvalue weighted by Gasteiger charge is -2.05.